The van der Waals surface area contributed by atoms with E-state index in [-0.39, 0.29) is 12.1 Å². The fourth-order valence-electron chi connectivity index (χ4n) is 1.45. The molecule has 2 rings (SSSR count). The van der Waals surface area contributed by atoms with E-state index in [2.05, 4.69) is 0 Å². The van der Waals surface area contributed by atoms with Gasteiger partial charge >= 0.3 is 0 Å². The van der Waals surface area contributed by atoms with Crippen LogP contribution in [0.5, 0.6) is 5.75 Å². The lowest BCUT2D eigenvalue weighted by Gasteiger charge is -2.39. The largest absolute Gasteiger partial charge is 0.487 e. The topological polar surface area (TPSA) is 88.4 Å². The van der Waals surface area contributed by atoms with Gasteiger partial charge in [-0.3, -0.25) is 5.41 Å². The molecule has 1 heterocycles. The molecule has 0 aliphatic carbocycles. The van der Waals surface area contributed by atoms with Crippen molar-refractivity contribution in [3.05, 3.63) is 24.3 Å². The van der Waals surface area contributed by atoms with E-state index >= 15 is 0 Å². The molecule has 0 radical (unpaired) electrons. The van der Waals surface area contributed by atoms with Gasteiger partial charge in [-0.05, 0) is 24.3 Å². The highest BCUT2D eigenvalue weighted by atomic mass is 16.5. The van der Waals surface area contributed by atoms with Crippen LogP contribution >= 0.6 is 0 Å². The first-order chi connectivity index (χ1) is 7.15. The molecule has 0 amide bonds. The Hall–Kier alpha value is -1.91. The third kappa shape index (κ3) is 2.12. The van der Waals surface area contributed by atoms with E-state index in [4.69, 9.17) is 21.6 Å². The number of likely N-dealkylation sites (tertiary alicyclic amines) is 1. The maximum atomic E-state index is 7.18. The summed E-state index contributed by atoms with van der Waals surface area (Å²) in [5.74, 6) is 0.907. The second-order valence-corrected chi connectivity index (χ2v) is 3.60. The van der Waals surface area contributed by atoms with Gasteiger partial charge in [-0.2, -0.15) is 0 Å². The van der Waals surface area contributed by atoms with Gasteiger partial charge in [0.2, 0.25) is 0 Å². The zero-order chi connectivity index (χ0) is 10.8. The second-order valence-electron chi connectivity index (χ2n) is 3.60. The second kappa shape index (κ2) is 3.68. The number of hydrogen-bond donors (Lipinski definition) is 3. The number of ether oxygens (including phenoxy) is 1. The van der Waals surface area contributed by atoms with Crippen LogP contribution < -0.4 is 16.2 Å². The Kier molecular flexibility index (Phi) is 2.37. The molecule has 0 aromatic heterocycles. The summed E-state index contributed by atoms with van der Waals surface area (Å²) in [4.78, 5) is 1.75. The Morgan fingerprint density at radius 2 is 1.93 bits per heavy atom. The fourth-order valence-corrected chi connectivity index (χ4v) is 1.45. The van der Waals surface area contributed by atoms with Crippen LogP contribution in [-0.2, 0) is 0 Å². The predicted octanol–water partition coefficient (Wildman–Crippen LogP) is 0.225. The molecule has 0 unspecified atom stereocenters. The molecule has 1 aromatic carbocycles. The van der Waals surface area contributed by atoms with Gasteiger partial charge < -0.3 is 21.1 Å². The zero-order valence-electron chi connectivity index (χ0n) is 8.31. The molecule has 0 bridgehead atoms. The van der Waals surface area contributed by atoms with Crippen molar-refractivity contribution in [1.29, 1.82) is 5.41 Å². The smallest absolute Gasteiger partial charge is 0.188 e. The number of benzene rings is 1. The molecule has 0 spiro atoms. The zero-order valence-corrected chi connectivity index (χ0v) is 8.31. The maximum Gasteiger partial charge on any atom is 0.188 e. The van der Waals surface area contributed by atoms with Crippen molar-refractivity contribution in [1.82, 2.24) is 4.90 Å². The van der Waals surface area contributed by atoms with Crippen LogP contribution in [0, 0.1) is 5.41 Å². The first-order valence-corrected chi connectivity index (χ1v) is 4.76. The Labute approximate surface area is 88.1 Å². The van der Waals surface area contributed by atoms with E-state index in [1.54, 1.807) is 17.0 Å². The predicted molar refractivity (Wildman–Crippen MR) is 58.8 cm³/mol. The molecular weight excluding hydrogens is 192 g/mol. The lowest BCUT2D eigenvalue weighted by atomic mass is 10.2. The number of nitrogen functional groups attached to an aromatic ring is 1. The summed E-state index contributed by atoms with van der Waals surface area (Å²) in [6.07, 6.45) is 0.123. The average molecular weight is 206 g/mol. The molecule has 5 N–H and O–H groups in total. The van der Waals surface area contributed by atoms with Crippen molar-refractivity contribution in [2.45, 2.75) is 6.10 Å². The number of nitrogens with two attached hydrogens (primary N) is 2. The summed E-state index contributed by atoms with van der Waals surface area (Å²) < 4.78 is 5.64. The molecule has 1 aliphatic rings. The van der Waals surface area contributed by atoms with Gasteiger partial charge in [0.15, 0.2) is 5.96 Å². The molecule has 15 heavy (non-hydrogen) atoms. The monoisotopic (exact) mass is 206 g/mol. The molecule has 5 heteroatoms. The standard InChI is InChI=1S/C10H14N4O/c11-7-1-3-8(4-2-7)15-9-5-14(6-9)10(12)13/h1-4,9H,5-6,11H2,(H3,12,13). The number of rotatable bonds is 2. The molecule has 5 nitrogen and oxygen atoms in total. The number of nitrogens with one attached hydrogen (secondary N) is 1. The normalized spacial score (nSPS) is 15.9. The van der Waals surface area contributed by atoms with Gasteiger partial charge in [-0.1, -0.05) is 0 Å². The molecule has 1 fully saturated rings. The SMILES string of the molecule is N=C(N)N1CC(Oc2ccc(N)cc2)C1. The van der Waals surface area contributed by atoms with Crippen LogP contribution in [0.25, 0.3) is 0 Å². The van der Waals surface area contributed by atoms with Crippen LogP contribution in [0.4, 0.5) is 5.69 Å². The Balaban J connectivity index is 1.85. The van der Waals surface area contributed by atoms with Gasteiger partial charge in [0.25, 0.3) is 0 Å². The van der Waals surface area contributed by atoms with Crippen LogP contribution in [-0.4, -0.2) is 30.1 Å². The Morgan fingerprint density at radius 1 is 1.33 bits per heavy atom. The van der Waals surface area contributed by atoms with Crippen LogP contribution in [0.1, 0.15) is 0 Å². The minimum atomic E-state index is 0.104. The molecule has 0 atom stereocenters. The van der Waals surface area contributed by atoms with Crippen LogP contribution in [0.3, 0.4) is 0 Å². The molecular formula is C10H14N4O. The van der Waals surface area contributed by atoms with Gasteiger partial charge in [0, 0.05) is 5.69 Å². The minimum absolute atomic E-state index is 0.104. The number of nitrogens with zero attached hydrogens (tertiary/aromatic N) is 1. The van der Waals surface area contributed by atoms with Gasteiger partial charge in [-0.25, -0.2) is 0 Å². The summed E-state index contributed by atoms with van der Waals surface area (Å²) in [7, 11) is 0. The van der Waals surface area contributed by atoms with E-state index in [1.807, 2.05) is 12.1 Å². The maximum absolute atomic E-state index is 7.18. The van der Waals surface area contributed by atoms with Crippen molar-refractivity contribution >= 4 is 11.6 Å². The van der Waals surface area contributed by atoms with Gasteiger partial charge in [-0.15, -0.1) is 0 Å². The van der Waals surface area contributed by atoms with Crippen LogP contribution in [0.15, 0.2) is 24.3 Å². The lowest BCUT2D eigenvalue weighted by molar-refractivity contribution is 0.0663. The van der Waals surface area contributed by atoms with E-state index in [9.17, 15) is 0 Å². The number of hydrogen-bond acceptors (Lipinski definition) is 3. The highest BCUT2D eigenvalue weighted by Gasteiger charge is 2.29. The van der Waals surface area contributed by atoms with Crippen molar-refractivity contribution in [3.63, 3.8) is 0 Å². The molecule has 1 aliphatic heterocycles. The van der Waals surface area contributed by atoms with E-state index in [0.29, 0.717) is 13.1 Å². The van der Waals surface area contributed by atoms with Gasteiger partial charge in [0.1, 0.15) is 11.9 Å². The molecule has 0 saturated carbocycles. The van der Waals surface area contributed by atoms with Gasteiger partial charge in [0.05, 0.1) is 13.1 Å². The third-order valence-corrected chi connectivity index (χ3v) is 2.37. The third-order valence-electron chi connectivity index (χ3n) is 2.37. The summed E-state index contributed by atoms with van der Waals surface area (Å²) in [5.41, 5.74) is 11.6. The lowest BCUT2D eigenvalue weighted by Crippen LogP contribution is -2.58. The fraction of sp³-hybridized carbons (Fsp3) is 0.300. The Morgan fingerprint density at radius 3 is 2.47 bits per heavy atom. The van der Waals surface area contributed by atoms with Crippen molar-refractivity contribution in [2.75, 3.05) is 18.8 Å². The molecule has 1 saturated heterocycles. The highest BCUT2D eigenvalue weighted by molar-refractivity contribution is 5.75. The van der Waals surface area contributed by atoms with E-state index < -0.39 is 0 Å². The quantitative estimate of drug-likeness (QED) is 0.367. The molecule has 80 valence electrons. The van der Waals surface area contributed by atoms with Crippen molar-refractivity contribution in [3.8, 4) is 5.75 Å². The first-order valence-electron chi connectivity index (χ1n) is 4.76. The first kappa shape index (κ1) is 9.64. The summed E-state index contributed by atoms with van der Waals surface area (Å²) >= 11 is 0. The summed E-state index contributed by atoms with van der Waals surface area (Å²) in [5, 5.41) is 7.18. The summed E-state index contributed by atoms with van der Waals surface area (Å²) in [6.45, 7) is 1.36. The van der Waals surface area contributed by atoms with Crippen molar-refractivity contribution < 1.29 is 4.74 Å². The number of guanidine groups is 1. The van der Waals surface area contributed by atoms with E-state index in [1.165, 1.54) is 0 Å². The Bertz CT molecular complexity index is 356. The van der Waals surface area contributed by atoms with Crippen LogP contribution in [0.2, 0.25) is 0 Å². The van der Waals surface area contributed by atoms with Crippen molar-refractivity contribution in [2.24, 2.45) is 5.73 Å². The molecule has 1 aromatic rings. The number of anilines is 1. The van der Waals surface area contributed by atoms with E-state index in [0.717, 1.165) is 11.4 Å². The minimum Gasteiger partial charge on any atom is -0.487 e. The summed E-state index contributed by atoms with van der Waals surface area (Å²) in [6, 6.07) is 7.28. The average Bonchev–Trinajstić information content (AvgIpc) is 2.13. The highest BCUT2D eigenvalue weighted by Crippen LogP contribution is 2.18.